The van der Waals surface area contributed by atoms with E-state index in [1.54, 1.807) is 0 Å². The van der Waals surface area contributed by atoms with Gasteiger partial charge in [-0.3, -0.25) is 0 Å². The van der Waals surface area contributed by atoms with Crippen molar-refractivity contribution in [3.8, 4) is 24.7 Å². The lowest BCUT2D eigenvalue weighted by molar-refractivity contribution is -0.165. The van der Waals surface area contributed by atoms with Crippen LogP contribution in [0.5, 0.6) is 0 Å². The summed E-state index contributed by atoms with van der Waals surface area (Å²) in [7, 11) is 0. The Morgan fingerprint density at radius 2 is 1.33 bits per heavy atom. The molecule has 0 unspecified atom stereocenters. The molecule has 4 heteroatoms. The van der Waals surface area contributed by atoms with Gasteiger partial charge in [0.15, 0.2) is 13.2 Å². The van der Waals surface area contributed by atoms with Gasteiger partial charge in [-0.1, -0.05) is 11.8 Å². The third-order valence-corrected chi connectivity index (χ3v) is 0.740. The van der Waals surface area contributed by atoms with Crippen LogP contribution in [-0.2, 0) is 19.1 Å². The number of hydrogen-bond acceptors (Lipinski definition) is 4. The molecule has 0 spiro atoms. The Labute approximate surface area is 69.8 Å². The predicted molar refractivity (Wildman–Crippen MR) is 39.6 cm³/mol. The first-order chi connectivity index (χ1) is 5.72. The van der Waals surface area contributed by atoms with Crippen molar-refractivity contribution in [2.75, 3.05) is 13.2 Å². The maximum atomic E-state index is 10.5. The summed E-state index contributed by atoms with van der Waals surface area (Å²) in [5.41, 5.74) is 0. The van der Waals surface area contributed by atoms with Gasteiger partial charge in [-0.25, -0.2) is 9.59 Å². The van der Waals surface area contributed by atoms with E-state index in [1.165, 1.54) is 0 Å². The second-order valence-corrected chi connectivity index (χ2v) is 1.56. The van der Waals surface area contributed by atoms with Crippen LogP contribution in [0.1, 0.15) is 0 Å². The SMILES string of the molecule is C#CCOC(=O)C(=O)OCC#C. The zero-order chi connectivity index (χ0) is 9.40. The molecule has 4 nitrogen and oxygen atoms in total. The topological polar surface area (TPSA) is 52.6 Å². The molecule has 0 rings (SSSR count). The van der Waals surface area contributed by atoms with E-state index in [-0.39, 0.29) is 13.2 Å². The second kappa shape index (κ2) is 5.82. The molecule has 0 aliphatic rings. The van der Waals surface area contributed by atoms with E-state index in [0.717, 1.165) is 0 Å². The Kier molecular flexibility index (Phi) is 4.88. The summed E-state index contributed by atoms with van der Waals surface area (Å²) in [6.45, 7) is -0.520. The molecule has 0 N–H and O–H groups in total. The van der Waals surface area contributed by atoms with Gasteiger partial charge >= 0.3 is 11.9 Å². The minimum absolute atomic E-state index is 0.260. The van der Waals surface area contributed by atoms with E-state index in [1.807, 2.05) is 11.8 Å². The highest BCUT2D eigenvalue weighted by atomic mass is 16.6. The summed E-state index contributed by atoms with van der Waals surface area (Å²) >= 11 is 0. The van der Waals surface area contributed by atoms with Crippen LogP contribution in [0.25, 0.3) is 0 Å². The molecule has 0 saturated carbocycles. The molecule has 0 aliphatic heterocycles. The van der Waals surface area contributed by atoms with Crippen LogP contribution >= 0.6 is 0 Å². The molecule has 0 bridgehead atoms. The van der Waals surface area contributed by atoms with E-state index >= 15 is 0 Å². The minimum Gasteiger partial charge on any atom is -0.444 e. The van der Waals surface area contributed by atoms with Gasteiger partial charge in [0.05, 0.1) is 0 Å². The Balaban J connectivity index is 3.73. The Hall–Kier alpha value is -1.94. The fraction of sp³-hybridized carbons (Fsp3) is 0.250. The maximum Gasteiger partial charge on any atom is 0.418 e. The lowest BCUT2D eigenvalue weighted by Crippen LogP contribution is -2.20. The molecule has 0 aliphatic carbocycles. The van der Waals surface area contributed by atoms with Crippen molar-refractivity contribution in [3.63, 3.8) is 0 Å². The van der Waals surface area contributed by atoms with Crippen molar-refractivity contribution in [2.45, 2.75) is 0 Å². The summed E-state index contributed by atoms with van der Waals surface area (Å²) in [5, 5.41) is 0. The third kappa shape index (κ3) is 3.97. The number of carbonyl (C=O) groups is 2. The van der Waals surface area contributed by atoms with Crippen LogP contribution < -0.4 is 0 Å². The summed E-state index contributed by atoms with van der Waals surface area (Å²) in [6, 6.07) is 0. The fourth-order valence-corrected chi connectivity index (χ4v) is 0.332. The number of rotatable bonds is 2. The van der Waals surface area contributed by atoms with Crippen LogP contribution in [0.15, 0.2) is 0 Å². The average Bonchev–Trinajstić information content (AvgIpc) is 2.10. The third-order valence-electron chi connectivity index (χ3n) is 0.740. The number of terminal acetylenes is 2. The summed E-state index contributed by atoms with van der Waals surface area (Å²) in [5.74, 6) is 1.76. The lowest BCUT2D eigenvalue weighted by Gasteiger charge is -1.98. The quantitative estimate of drug-likeness (QED) is 0.310. The first-order valence-corrected chi connectivity index (χ1v) is 2.93. The van der Waals surface area contributed by atoms with E-state index < -0.39 is 11.9 Å². The molecule has 0 atom stereocenters. The molecule has 12 heavy (non-hydrogen) atoms. The van der Waals surface area contributed by atoms with Crippen molar-refractivity contribution in [1.82, 2.24) is 0 Å². The number of hydrogen-bond donors (Lipinski definition) is 0. The Morgan fingerprint density at radius 3 is 1.58 bits per heavy atom. The Bertz CT molecular complexity index is 225. The molecule has 62 valence electrons. The molecule has 0 amide bonds. The summed E-state index contributed by atoms with van der Waals surface area (Å²) < 4.78 is 8.46. The standard InChI is InChI=1S/C8H6O4/c1-3-5-11-7(9)8(10)12-6-4-2/h1-2H,5-6H2. The normalized spacial score (nSPS) is 7.50. The zero-order valence-electron chi connectivity index (χ0n) is 6.20. The van der Waals surface area contributed by atoms with E-state index in [2.05, 4.69) is 9.47 Å². The van der Waals surface area contributed by atoms with Gasteiger partial charge in [0.2, 0.25) is 0 Å². The van der Waals surface area contributed by atoms with Gasteiger partial charge in [0, 0.05) is 0 Å². The smallest absolute Gasteiger partial charge is 0.418 e. The number of esters is 2. The monoisotopic (exact) mass is 166 g/mol. The van der Waals surface area contributed by atoms with Crippen molar-refractivity contribution in [2.24, 2.45) is 0 Å². The molecule has 0 radical (unpaired) electrons. The van der Waals surface area contributed by atoms with Crippen LogP contribution in [-0.4, -0.2) is 25.2 Å². The van der Waals surface area contributed by atoms with Crippen molar-refractivity contribution in [1.29, 1.82) is 0 Å². The number of ether oxygens (including phenoxy) is 2. The van der Waals surface area contributed by atoms with Gasteiger partial charge < -0.3 is 9.47 Å². The fourth-order valence-electron chi connectivity index (χ4n) is 0.332. The first kappa shape index (κ1) is 10.1. The van der Waals surface area contributed by atoms with Gasteiger partial charge in [-0.2, -0.15) is 0 Å². The maximum absolute atomic E-state index is 10.5. The van der Waals surface area contributed by atoms with Gasteiger partial charge in [-0.05, 0) is 0 Å². The highest BCUT2D eigenvalue weighted by Gasteiger charge is 2.15. The molecule has 0 saturated heterocycles. The second-order valence-electron chi connectivity index (χ2n) is 1.56. The van der Waals surface area contributed by atoms with Crippen LogP contribution in [0.2, 0.25) is 0 Å². The molecule has 0 aromatic rings. The molecular weight excluding hydrogens is 160 g/mol. The molecule has 0 aromatic carbocycles. The lowest BCUT2D eigenvalue weighted by atomic mass is 10.6. The van der Waals surface area contributed by atoms with Crippen LogP contribution in [0.4, 0.5) is 0 Å². The minimum atomic E-state index is -1.14. The van der Waals surface area contributed by atoms with Crippen LogP contribution in [0, 0.1) is 24.7 Å². The van der Waals surface area contributed by atoms with E-state index in [4.69, 9.17) is 12.8 Å². The zero-order valence-corrected chi connectivity index (χ0v) is 6.20. The average molecular weight is 166 g/mol. The van der Waals surface area contributed by atoms with Crippen molar-refractivity contribution >= 4 is 11.9 Å². The predicted octanol–water partition coefficient (Wildman–Crippen LogP) is -0.661. The van der Waals surface area contributed by atoms with Gasteiger partial charge in [0.1, 0.15) is 0 Å². The van der Waals surface area contributed by atoms with Crippen molar-refractivity contribution < 1.29 is 19.1 Å². The van der Waals surface area contributed by atoms with E-state index in [0.29, 0.717) is 0 Å². The van der Waals surface area contributed by atoms with Gasteiger partial charge in [-0.15, -0.1) is 12.8 Å². The highest BCUT2D eigenvalue weighted by molar-refractivity contribution is 6.29. The summed E-state index contributed by atoms with van der Waals surface area (Å²) in [6.07, 6.45) is 9.53. The molecule has 0 aromatic heterocycles. The molecular formula is C8H6O4. The van der Waals surface area contributed by atoms with Gasteiger partial charge in [0.25, 0.3) is 0 Å². The number of carbonyl (C=O) groups excluding carboxylic acids is 2. The first-order valence-electron chi connectivity index (χ1n) is 2.93. The van der Waals surface area contributed by atoms with E-state index in [9.17, 15) is 9.59 Å². The van der Waals surface area contributed by atoms with Crippen molar-refractivity contribution in [3.05, 3.63) is 0 Å². The highest BCUT2D eigenvalue weighted by Crippen LogP contribution is 1.83. The largest absolute Gasteiger partial charge is 0.444 e. The molecule has 0 heterocycles. The van der Waals surface area contributed by atoms with Crippen LogP contribution in [0.3, 0.4) is 0 Å². The molecule has 0 fully saturated rings. The Morgan fingerprint density at radius 1 is 1.00 bits per heavy atom. The summed E-state index contributed by atoms with van der Waals surface area (Å²) in [4.78, 5) is 21.1.